The van der Waals surface area contributed by atoms with Gasteiger partial charge in [0.05, 0.1) is 6.10 Å². The van der Waals surface area contributed by atoms with Crippen molar-refractivity contribution in [2.24, 2.45) is 5.73 Å². The maximum atomic E-state index is 6.27. The van der Waals surface area contributed by atoms with Crippen molar-refractivity contribution in [3.63, 3.8) is 0 Å². The van der Waals surface area contributed by atoms with E-state index in [0.717, 1.165) is 12.8 Å². The number of hydrogen-bond donors (Lipinski definition) is 1. The Kier molecular flexibility index (Phi) is 4.15. The van der Waals surface area contributed by atoms with Gasteiger partial charge in [-0.05, 0) is 42.2 Å². The van der Waals surface area contributed by atoms with Gasteiger partial charge in [-0.2, -0.15) is 0 Å². The lowest BCUT2D eigenvalue weighted by Gasteiger charge is -2.15. The van der Waals surface area contributed by atoms with Crippen molar-refractivity contribution < 1.29 is 4.74 Å². The average Bonchev–Trinajstić information content (AvgIpc) is 2.83. The SMILES string of the molecule is COC(C)CCC(N)c1cccc2ccsc12. The Balaban J connectivity index is 2.13. The zero-order chi connectivity index (χ0) is 12.3. The Hall–Kier alpha value is -0.900. The first-order valence-corrected chi connectivity index (χ1v) is 6.85. The van der Waals surface area contributed by atoms with Crippen LogP contribution in [0.3, 0.4) is 0 Å². The molecular weight excluding hydrogens is 230 g/mol. The highest BCUT2D eigenvalue weighted by Gasteiger charge is 2.12. The fourth-order valence-electron chi connectivity index (χ4n) is 2.00. The van der Waals surface area contributed by atoms with Crippen molar-refractivity contribution >= 4 is 21.4 Å². The van der Waals surface area contributed by atoms with E-state index in [0.29, 0.717) is 0 Å². The van der Waals surface area contributed by atoms with Gasteiger partial charge in [0, 0.05) is 17.9 Å². The van der Waals surface area contributed by atoms with Gasteiger partial charge in [0.25, 0.3) is 0 Å². The highest BCUT2D eigenvalue weighted by molar-refractivity contribution is 7.17. The van der Waals surface area contributed by atoms with E-state index in [1.54, 1.807) is 18.4 Å². The second-order valence-electron chi connectivity index (χ2n) is 4.42. The summed E-state index contributed by atoms with van der Waals surface area (Å²) < 4.78 is 6.58. The van der Waals surface area contributed by atoms with Crippen LogP contribution < -0.4 is 5.73 Å². The highest BCUT2D eigenvalue weighted by atomic mass is 32.1. The first-order chi connectivity index (χ1) is 8.22. The van der Waals surface area contributed by atoms with Crippen LogP contribution in [0.2, 0.25) is 0 Å². The fourth-order valence-corrected chi connectivity index (χ4v) is 2.97. The molecule has 0 radical (unpaired) electrons. The molecule has 0 saturated carbocycles. The predicted octanol–water partition coefficient (Wildman–Crippen LogP) is 3.72. The molecule has 2 atom stereocenters. The Labute approximate surface area is 106 Å². The molecule has 1 heterocycles. The van der Waals surface area contributed by atoms with Crippen LogP contribution in [0.15, 0.2) is 29.6 Å². The molecule has 0 saturated heterocycles. The lowest BCUT2D eigenvalue weighted by molar-refractivity contribution is 0.107. The molecule has 2 aromatic rings. The second kappa shape index (κ2) is 5.63. The lowest BCUT2D eigenvalue weighted by atomic mass is 10.0. The maximum absolute atomic E-state index is 6.27. The maximum Gasteiger partial charge on any atom is 0.0543 e. The van der Waals surface area contributed by atoms with Crippen LogP contribution in [-0.4, -0.2) is 13.2 Å². The van der Waals surface area contributed by atoms with E-state index in [1.165, 1.54) is 15.6 Å². The van der Waals surface area contributed by atoms with Gasteiger partial charge in [0.2, 0.25) is 0 Å². The third-order valence-corrected chi connectivity index (χ3v) is 4.17. The third kappa shape index (κ3) is 2.86. The van der Waals surface area contributed by atoms with Crippen molar-refractivity contribution in [1.29, 1.82) is 0 Å². The molecule has 2 N–H and O–H groups in total. The Morgan fingerprint density at radius 3 is 2.88 bits per heavy atom. The van der Waals surface area contributed by atoms with Gasteiger partial charge in [-0.15, -0.1) is 11.3 Å². The van der Waals surface area contributed by atoms with Gasteiger partial charge >= 0.3 is 0 Å². The molecular formula is C14H19NOS. The predicted molar refractivity (Wildman–Crippen MR) is 74.5 cm³/mol. The molecule has 0 aliphatic rings. The number of benzene rings is 1. The minimum Gasteiger partial charge on any atom is -0.382 e. The normalized spacial score (nSPS) is 15.0. The zero-order valence-electron chi connectivity index (χ0n) is 10.3. The van der Waals surface area contributed by atoms with Gasteiger partial charge in [-0.25, -0.2) is 0 Å². The summed E-state index contributed by atoms with van der Waals surface area (Å²) in [6, 6.07) is 8.62. The topological polar surface area (TPSA) is 35.2 Å². The fraction of sp³-hybridized carbons (Fsp3) is 0.429. The van der Waals surface area contributed by atoms with Crippen LogP contribution in [-0.2, 0) is 4.74 Å². The third-order valence-electron chi connectivity index (χ3n) is 3.20. The van der Waals surface area contributed by atoms with Crippen molar-refractivity contribution in [3.8, 4) is 0 Å². The van der Waals surface area contributed by atoms with Crippen molar-refractivity contribution in [1.82, 2.24) is 0 Å². The van der Waals surface area contributed by atoms with Gasteiger partial charge < -0.3 is 10.5 Å². The largest absolute Gasteiger partial charge is 0.382 e. The van der Waals surface area contributed by atoms with Crippen LogP contribution in [0.25, 0.3) is 10.1 Å². The number of ether oxygens (including phenoxy) is 1. The lowest BCUT2D eigenvalue weighted by Crippen LogP contribution is -2.14. The summed E-state index contributed by atoms with van der Waals surface area (Å²) in [6.45, 7) is 2.08. The van der Waals surface area contributed by atoms with Crippen molar-refractivity contribution in [3.05, 3.63) is 35.2 Å². The van der Waals surface area contributed by atoms with Crippen molar-refractivity contribution in [2.75, 3.05) is 7.11 Å². The molecule has 1 aromatic heterocycles. The smallest absolute Gasteiger partial charge is 0.0543 e. The first-order valence-electron chi connectivity index (χ1n) is 5.97. The molecule has 0 amide bonds. The Morgan fingerprint density at radius 1 is 1.29 bits per heavy atom. The van der Waals surface area contributed by atoms with Gasteiger partial charge in [-0.3, -0.25) is 0 Å². The van der Waals surface area contributed by atoms with E-state index in [4.69, 9.17) is 10.5 Å². The molecule has 92 valence electrons. The van der Waals surface area contributed by atoms with Gasteiger partial charge in [0.15, 0.2) is 0 Å². The molecule has 2 rings (SSSR count). The monoisotopic (exact) mass is 249 g/mol. The first kappa shape index (κ1) is 12.6. The minimum absolute atomic E-state index is 0.106. The number of fused-ring (bicyclic) bond motifs is 1. The summed E-state index contributed by atoms with van der Waals surface area (Å²) in [7, 11) is 1.75. The summed E-state index contributed by atoms with van der Waals surface area (Å²) in [4.78, 5) is 0. The molecule has 2 nitrogen and oxygen atoms in total. The molecule has 0 aliphatic carbocycles. The summed E-state index contributed by atoms with van der Waals surface area (Å²) in [5.41, 5.74) is 7.54. The standard InChI is InChI=1S/C14H19NOS/c1-10(16-2)6-7-13(15)12-5-3-4-11-8-9-17-14(11)12/h3-5,8-10,13H,6-7,15H2,1-2H3. The second-order valence-corrected chi connectivity index (χ2v) is 5.33. The quantitative estimate of drug-likeness (QED) is 0.876. The number of thiophene rings is 1. The van der Waals surface area contributed by atoms with Crippen LogP contribution in [0.1, 0.15) is 31.4 Å². The van der Waals surface area contributed by atoms with E-state index in [2.05, 4.69) is 36.6 Å². The number of nitrogens with two attached hydrogens (primary N) is 1. The summed E-state index contributed by atoms with van der Waals surface area (Å²) in [5.74, 6) is 0. The van der Waals surface area contributed by atoms with E-state index in [1.807, 2.05) is 0 Å². The van der Waals surface area contributed by atoms with E-state index < -0.39 is 0 Å². The molecule has 1 aromatic carbocycles. The zero-order valence-corrected chi connectivity index (χ0v) is 11.2. The molecule has 0 aliphatic heterocycles. The summed E-state index contributed by atoms with van der Waals surface area (Å²) in [5, 5.41) is 3.42. The molecule has 0 spiro atoms. The molecule has 17 heavy (non-hydrogen) atoms. The van der Waals surface area contributed by atoms with E-state index in [-0.39, 0.29) is 12.1 Å². The molecule has 0 bridgehead atoms. The molecule has 0 fully saturated rings. The summed E-state index contributed by atoms with van der Waals surface area (Å²) in [6.07, 6.45) is 2.24. The highest BCUT2D eigenvalue weighted by Crippen LogP contribution is 2.30. The van der Waals surface area contributed by atoms with Crippen LogP contribution in [0.4, 0.5) is 0 Å². The van der Waals surface area contributed by atoms with Crippen LogP contribution in [0, 0.1) is 0 Å². The minimum atomic E-state index is 0.106. The number of methoxy groups -OCH3 is 1. The van der Waals surface area contributed by atoms with E-state index in [9.17, 15) is 0 Å². The molecule has 3 heteroatoms. The Bertz CT molecular complexity index is 480. The van der Waals surface area contributed by atoms with Crippen LogP contribution >= 0.6 is 11.3 Å². The average molecular weight is 249 g/mol. The molecule has 2 unspecified atom stereocenters. The Morgan fingerprint density at radius 2 is 2.12 bits per heavy atom. The van der Waals surface area contributed by atoms with Gasteiger partial charge in [0.1, 0.15) is 0 Å². The number of rotatable bonds is 5. The van der Waals surface area contributed by atoms with Crippen LogP contribution in [0.5, 0.6) is 0 Å². The summed E-state index contributed by atoms with van der Waals surface area (Å²) >= 11 is 1.77. The van der Waals surface area contributed by atoms with E-state index >= 15 is 0 Å². The van der Waals surface area contributed by atoms with Gasteiger partial charge in [-0.1, -0.05) is 18.2 Å². The van der Waals surface area contributed by atoms with Crippen molar-refractivity contribution in [2.45, 2.75) is 31.9 Å². The number of hydrogen-bond acceptors (Lipinski definition) is 3.